The van der Waals surface area contributed by atoms with E-state index in [-0.39, 0.29) is 21.9 Å². The van der Waals surface area contributed by atoms with E-state index in [4.69, 9.17) is 27.6 Å². The highest BCUT2D eigenvalue weighted by Gasteiger charge is 2.32. The Labute approximate surface area is 218 Å². The fraction of sp³-hybridized carbons (Fsp3) is 0.556. The molecule has 2 aromatic rings. The highest BCUT2D eigenvalue weighted by Crippen LogP contribution is 2.38. The Morgan fingerprint density at radius 2 is 1.58 bits per heavy atom. The maximum Gasteiger partial charge on any atom is 0.167 e. The quantitative estimate of drug-likeness (QED) is 0.314. The van der Waals surface area contributed by atoms with Crippen LogP contribution in [-0.2, 0) is 4.43 Å². The van der Waals surface area contributed by atoms with Crippen LogP contribution in [0.4, 0.5) is 0 Å². The van der Waals surface area contributed by atoms with Gasteiger partial charge < -0.3 is 9.74 Å². The Morgan fingerprint density at radius 1 is 0.939 bits per heavy atom. The van der Waals surface area contributed by atoms with E-state index in [0.717, 1.165) is 22.0 Å². The van der Waals surface area contributed by atoms with Gasteiger partial charge in [0.05, 0.1) is 12.1 Å². The molecule has 0 aliphatic rings. The molecule has 184 valence electrons. The Hall–Kier alpha value is -0.493. The molecule has 4 atom stereocenters. The Balaban J connectivity index is 2.49. The first-order valence-electron chi connectivity index (χ1n) is 11.9. The standard InChI is InChI=1S/C27H41Cl2NOSSi/c1-9-23(18(2)32-26(3,4)5)30-24(19-13-15-21(28)16-14-19)25(31-33-27(6,7)8)20-11-10-12-22(29)17-20/h10-18,23-25,30H,9,33H2,1-8H3/t18-,23-,24+,25+/m0/s1. The van der Waals surface area contributed by atoms with Crippen molar-refractivity contribution in [2.24, 2.45) is 0 Å². The molecule has 0 heterocycles. The number of nitrogens with one attached hydrogen (secondary N) is 1. The zero-order chi connectivity index (χ0) is 24.8. The summed E-state index contributed by atoms with van der Waals surface area (Å²) >= 11 is 14.7. The Kier molecular flexibility index (Phi) is 10.9. The largest absolute Gasteiger partial charge is 0.415 e. The summed E-state index contributed by atoms with van der Waals surface area (Å²) in [5.74, 6) is 0. The van der Waals surface area contributed by atoms with Gasteiger partial charge in [-0.2, -0.15) is 11.8 Å². The van der Waals surface area contributed by atoms with Crippen molar-refractivity contribution in [2.45, 2.75) is 95.0 Å². The van der Waals surface area contributed by atoms with E-state index in [1.807, 2.05) is 42.1 Å². The van der Waals surface area contributed by atoms with Gasteiger partial charge in [0, 0.05) is 26.1 Å². The highest BCUT2D eigenvalue weighted by molar-refractivity contribution is 8.01. The van der Waals surface area contributed by atoms with Gasteiger partial charge in [0.2, 0.25) is 0 Å². The van der Waals surface area contributed by atoms with Crippen molar-refractivity contribution in [3.63, 3.8) is 0 Å². The molecule has 0 aliphatic carbocycles. The molecule has 0 fully saturated rings. The maximum absolute atomic E-state index is 6.80. The molecule has 0 aliphatic heterocycles. The lowest BCUT2D eigenvalue weighted by Crippen LogP contribution is -2.43. The van der Waals surface area contributed by atoms with Gasteiger partial charge in [-0.05, 0) is 46.9 Å². The molecule has 2 nitrogen and oxygen atoms in total. The lowest BCUT2D eigenvalue weighted by molar-refractivity contribution is 0.146. The molecule has 0 spiro atoms. The molecular formula is C27H41Cl2NOSSi. The summed E-state index contributed by atoms with van der Waals surface area (Å²) in [5, 5.41) is 6.11. The van der Waals surface area contributed by atoms with Gasteiger partial charge in [-0.3, -0.25) is 0 Å². The molecule has 0 saturated carbocycles. The van der Waals surface area contributed by atoms with Gasteiger partial charge in [-0.25, -0.2) is 0 Å². The van der Waals surface area contributed by atoms with E-state index >= 15 is 0 Å². The normalized spacial score (nSPS) is 16.7. The first kappa shape index (κ1) is 28.7. The van der Waals surface area contributed by atoms with Gasteiger partial charge in [-0.1, -0.05) is 103 Å². The number of rotatable bonds is 10. The van der Waals surface area contributed by atoms with Crippen molar-refractivity contribution < 1.29 is 4.43 Å². The number of benzene rings is 2. The Morgan fingerprint density at radius 3 is 2.09 bits per heavy atom. The van der Waals surface area contributed by atoms with Crippen LogP contribution in [0.1, 0.15) is 85.1 Å². The van der Waals surface area contributed by atoms with Crippen LogP contribution in [0.3, 0.4) is 0 Å². The van der Waals surface area contributed by atoms with Crippen LogP contribution >= 0.6 is 35.0 Å². The van der Waals surface area contributed by atoms with Gasteiger partial charge in [0.25, 0.3) is 0 Å². The molecule has 0 bridgehead atoms. The fourth-order valence-electron chi connectivity index (χ4n) is 3.89. The summed E-state index contributed by atoms with van der Waals surface area (Å²) < 4.78 is 7.00. The van der Waals surface area contributed by atoms with E-state index in [2.05, 4.69) is 78.9 Å². The third-order valence-electron chi connectivity index (χ3n) is 5.34. The second-order valence-corrected chi connectivity index (χ2v) is 16.8. The number of halogens is 2. The fourth-order valence-corrected chi connectivity index (χ4v) is 6.83. The average Bonchev–Trinajstić information content (AvgIpc) is 2.69. The van der Waals surface area contributed by atoms with Crippen LogP contribution in [0.25, 0.3) is 0 Å². The van der Waals surface area contributed by atoms with Crippen molar-refractivity contribution >= 4 is 44.7 Å². The number of hydrogen-bond donors (Lipinski definition) is 1. The first-order valence-corrected chi connectivity index (χ1v) is 14.8. The Bertz CT molecular complexity index is 864. The van der Waals surface area contributed by atoms with E-state index in [1.54, 1.807) is 0 Å². The van der Waals surface area contributed by atoms with Crippen molar-refractivity contribution in [2.75, 3.05) is 0 Å². The topological polar surface area (TPSA) is 21.3 Å². The SMILES string of the molecule is CC[C@H](N[C@H](c1ccc(Cl)cc1)[C@H](O[SiH2]C(C)(C)C)c1cccc(Cl)c1)[C@H](C)SC(C)(C)C. The number of hydrogen-bond acceptors (Lipinski definition) is 3. The van der Waals surface area contributed by atoms with Gasteiger partial charge in [0.15, 0.2) is 9.76 Å². The monoisotopic (exact) mass is 525 g/mol. The minimum absolute atomic E-state index is 0.0106. The smallest absolute Gasteiger partial charge is 0.167 e. The van der Waals surface area contributed by atoms with Crippen LogP contribution in [0.15, 0.2) is 48.5 Å². The lowest BCUT2D eigenvalue weighted by atomic mass is 9.94. The predicted octanol–water partition coefficient (Wildman–Crippen LogP) is 8.38. The highest BCUT2D eigenvalue weighted by atomic mass is 35.5. The van der Waals surface area contributed by atoms with Crippen molar-refractivity contribution in [3.8, 4) is 0 Å². The third-order valence-corrected chi connectivity index (χ3v) is 8.63. The number of thioether (sulfide) groups is 1. The van der Waals surface area contributed by atoms with Crippen LogP contribution in [0.5, 0.6) is 0 Å². The average molecular weight is 527 g/mol. The summed E-state index contributed by atoms with van der Waals surface area (Å²) in [4.78, 5) is 0. The summed E-state index contributed by atoms with van der Waals surface area (Å²) in [6, 6.07) is 16.6. The second-order valence-electron chi connectivity index (χ2n) is 11.0. The molecule has 0 radical (unpaired) electrons. The summed E-state index contributed by atoms with van der Waals surface area (Å²) in [6.45, 7) is 18.2. The summed E-state index contributed by atoms with van der Waals surface area (Å²) in [6.07, 6.45) is 0.907. The van der Waals surface area contributed by atoms with Crippen molar-refractivity contribution in [3.05, 3.63) is 69.7 Å². The van der Waals surface area contributed by atoms with Crippen LogP contribution in [0.2, 0.25) is 15.1 Å². The first-order chi connectivity index (χ1) is 15.3. The van der Waals surface area contributed by atoms with Gasteiger partial charge in [0.1, 0.15) is 0 Å². The van der Waals surface area contributed by atoms with Gasteiger partial charge >= 0.3 is 0 Å². The third kappa shape index (κ3) is 9.95. The summed E-state index contributed by atoms with van der Waals surface area (Å²) in [7, 11) is -0.811. The van der Waals surface area contributed by atoms with Crippen LogP contribution < -0.4 is 5.32 Å². The molecule has 0 aromatic heterocycles. The molecule has 2 rings (SSSR count). The molecular weight excluding hydrogens is 485 g/mol. The van der Waals surface area contributed by atoms with Crippen molar-refractivity contribution in [1.29, 1.82) is 0 Å². The lowest BCUT2D eigenvalue weighted by Gasteiger charge is -2.37. The minimum Gasteiger partial charge on any atom is -0.415 e. The van der Waals surface area contributed by atoms with Gasteiger partial charge in [-0.15, -0.1) is 0 Å². The maximum atomic E-state index is 6.80. The van der Waals surface area contributed by atoms with E-state index in [9.17, 15) is 0 Å². The molecule has 2 aromatic carbocycles. The molecule has 33 heavy (non-hydrogen) atoms. The van der Waals surface area contributed by atoms with E-state index < -0.39 is 9.76 Å². The van der Waals surface area contributed by atoms with Crippen molar-refractivity contribution in [1.82, 2.24) is 5.32 Å². The molecule has 0 amide bonds. The zero-order valence-corrected chi connectivity index (χ0v) is 25.2. The molecule has 6 heteroatoms. The zero-order valence-electron chi connectivity index (χ0n) is 21.4. The van der Waals surface area contributed by atoms with Crippen LogP contribution in [0, 0.1) is 0 Å². The van der Waals surface area contributed by atoms with E-state index in [1.165, 1.54) is 5.56 Å². The predicted molar refractivity (Wildman–Crippen MR) is 152 cm³/mol. The summed E-state index contributed by atoms with van der Waals surface area (Å²) in [5.41, 5.74) is 2.29. The molecule has 1 N–H and O–H groups in total. The van der Waals surface area contributed by atoms with E-state index in [0.29, 0.717) is 11.3 Å². The molecule has 0 unspecified atom stereocenters. The second kappa shape index (κ2) is 12.5. The molecule has 0 saturated heterocycles. The van der Waals surface area contributed by atoms with Crippen LogP contribution in [-0.4, -0.2) is 25.8 Å². The minimum atomic E-state index is -0.811.